The maximum absolute atomic E-state index is 13.4. The van der Waals surface area contributed by atoms with Gasteiger partial charge in [0.15, 0.2) is 5.16 Å². The fraction of sp³-hybridized carbons (Fsp3) is 0.423. The van der Waals surface area contributed by atoms with Gasteiger partial charge in [0.05, 0.1) is 22.2 Å². The summed E-state index contributed by atoms with van der Waals surface area (Å²) in [5, 5.41) is 4.23. The molecule has 1 heterocycles. The van der Waals surface area contributed by atoms with Crippen molar-refractivity contribution in [2.75, 3.05) is 0 Å². The molecule has 1 fully saturated rings. The van der Waals surface area contributed by atoms with Crippen LogP contribution in [-0.4, -0.2) is 20.7 Å². The van der Waals surface area contributed by atoms with Crippen LogP contribution in [0, 0.1) is 0 Å². The quantitative estimate of drug-likeness (QED) is 0.432. The zero-order chi connectivity index (χ0) is 22.1. The Balaban J connectivity index is 1.41. The number of thioether (sulfide) groups is 1. The molecule has 1 aromatic heterocycles. The van der Waals surface area contributed by atoms with E-state index in [9.17, 15) is 9.59 Å². The lowest BCUT2D eigenvalue weighted by atomic mass is 9.88. The van der Waals surface area contributed by atoms with E-state index in [0.29, 0.717) is 16.1 Å². The van der Waals surface area contributed by atoms with E-state index in [-0.39, 0.29) is 28.8 Å². The summed E-state index contributed by atoms with van der Waals surface area (Å²) in [6.07, 6.45) is 7.36. The molecule has 5 nitrogen and oxygen atoms in total. The maximum Gasteiger partial charge on any atom is 0.262 e. The summed E-state index contributed by atoms with van der Waals surface area (Å²) in [6, 6.07) is 16.1. The van der Waals surface area contributed by atoms with Gasteiger partial charge in [0.1, 0.15) is 0 Å². The normalized spacial score (nSPS) is 19.6. The summed E-state index contributed by atoms with van der Waals surface area (Å²) in [5.41, 5.74) is 3.27. The van der Waals surface area contributed by atoms with E-state index in [2.05, 4.69) is 23.5 Å². The second-order valence-corrected chi connectivity index (χ2v) is 10.2. The minimum absolute atomic E-state index is 0.00270. The Morgan fingerprint density at radius 1 is 1.06 bits per heavy atom. The van der Waals surface area contributed by atoms with Gasteiger partial charge in [0.2, 0.25) is 5.91 Å². The first-order valence-corrected chi connectivity index (χ1v) is 12.6. The lowest BCUT2D eigenvalue weighted by Crippen LogP contribution is -2.36. The number of fused-ring (bicyclic) bond motifs is 2. The van der Waals surface area contributed by atoms with Crippen molar-refractivity contribution in [3.05, 3.63) is 70.0 Å². The SMILES string of the molecule is C[C@H](Sc1nc2ccccc2c(=O)n1C1CCCC1)C(=O)N[C@H]1CCCc2ccccc21. The molecular weight excluding hydrogens is 418 g/mol. The van der Waals surface area contributed by atoms with E-state index >= 15 is 0 Å². The summed E-state index contributed by atoms with van der Waals surface area (Å²) in [6.45, 7) is 1.91. The number of carbonyl (C=O) groups excluding carboxylic acids is 1. The summed E-state index contributed by atoms with van der Waals surface area (Å²) >= 11 is 1.40. The molecule has 6 heteroatoms. The van der Waals surface area contributed by atoms with Crippen LogP contribution in [0.2, 0.25) is 0 Å². The smallest absolute Gasteiger partial charge is 0.262 e. The molecule has 0 spiro atoms. The van der Waals surface area contributed by atoms with Crippen molar-refractivity contribution in [1.29, 1.82) is 0 Å². The Morgan fingerprint density at radius 3 is 2.66 bits per heavy atom. The zero-order valence-electron chi connectivity index (χ0n) is 18.4. The molecular formula is C26H29N3O2S. The van der Waals surface area contributed by atoms with Gasteiger partial charge in [-0.3, -0.25) is 14.2 Å². The van der Waals surface area contributed by atoms with Crippen molar-refractivity contribution in [3.8, 4) is 0 Å². The molecule has 2 aliphatic carbocycles. The first-order chi connectivity index (χ1) is 15.6. The van der Waals surface area contributed by atoms with Gasteiger partial charge in [-0.15, -0.1) is 0 Å². The van der Waals surface area contributed by atoms with Crippen LogP contribution in [0.1, 0.15) is 68.7 Å². The van der Waals surface area contributed by atoms with E-state index < -0.39 is 0 Å². The molecule has 0 aliphatic heterocycles. The Labute approximate surface area is 192 Å². The molecule has 1 saturated carbocycles. The fourth-order valence-electron chi connectivity index (χ4n) is 5.10. The minimum atomic E-state index is -0.343. The van der Waals surface area contributed by atoms with E-state index in [0.717, 1.165) is 44.9 Å². The Morgan fingerprint density at radius 2 is 1.81 bits per heavy atom. The Bertz CT molecular complexity index is 1200. The largest absolute Gasteiger partial charge is 0.348 e. The first-order valence-electron chi connectivity index (χ1n) is 11.7. The Kier molecular flexibility index (Phi) is 6.05. The number of aryl methyl sites for hydroxylation is 1. The molecule has 0 radical (unpaired) electrons. The molecule has 0 saturated heterocycles. The number of benzene rings is 2. The molecule has 0 bridgehead atoms. The predicted molar refractivity (Wildman–Crippen MR) is 129 cm³/mol. The third-order valence-corrected chi connectivity index (χ3v) is 7.87. The zero-order valence-corrected chi connectivity index (χ0v) is 19.2. The standard InChI is InChI=1S/C26H29N3O2S/c1-17(24(30)27-22-16-8-10-18-9-2-5-13-20(18)22)32-26-28-23-15-7-6-14-21(23)25(31)29(26)19-11-3-4-12-19/h2,5-7,9,13-15,17,19,22H,3-4,8,10-12,16H2,1H3,(H,27,30)/t17-,22-/m0/s1. The number of hydrogen-bond acceptors (Lipinski definition) is 4. The summed E-state index contributed by atoms with van der Waals surface area (Å²) in [5.74, 6) is -0.00270. The molecule has 166 valence electrons. The molecule has 0 unspecified atom stereocenters. The number of aromatic nitrogens is 2. The second-order valence-electron chi connectivity index (χ2n) is 8.94. The molecule has 2 atom stereocenters. The average molecular weight is 448 g/mol. The highest BCUT2D eigenvalue weighted by atomic mass is 32.2. The highest BCUT2D eigenvalue weighted by Gasteiger charge is 2.27. The number of hydrogen-bond donors (Lipinski definition) is 1. The van der Waals surface area contributed by atoms with E-state index in [4.69, 9.17) is 4.98 Å². The van der Waals surface area contributed by atoms with E-state index in [1.165, 1.54) is 22.9 Å². The first kappa shape index (κ1) is 21.3. The van der Waals surface area contributed by atoms with Crippen LogP contribution in [0.15, 0.2) is 58.5 Å². The van der Waals surface area contributed by atoms with Crippen LogP contribution < -0.4 is 10.9 Å². The summed E-state index contributed by atoms with van der Waals surface area (Å²) in [7, 11) is 0. The molecule has 1 N–H and O–H groups in total. The second kappa shape index (κ2) is 9.10. The third-order valence-electron chi connectivity index (χ3n) is 6.80. The third kappa shape index (κ3) is 4.08. The lowest BCUT2D eigenvalue weighted by molar-refractivity contribution is -0.121. The van der Waals surface area contributed by atoms with Crippen molar-refractivity contribution in [2.24, 2.45) is 0 Å². The highest BCUT2D eigenvalue weighted by Crippen LogP contribution is 2.34. The molecule has 2 aliphatic rings. The van der Waals surface area contributed by atoms with E-state index in [1.54, 1.807) is 0 Å². The monoisotopic (exact) mass is 447 g/mol. The van der Waals surface area contributed by atoms with Gasteiger partial charge in [-0.05, 0) is 62.3 Å². The molecule has 5 rings (SSSR count). The molecule has 3 aromatic rings. The topological polar surface area (TPSA) is 64.0 Å². The van der Waals surface area contributed by atoms with Crippen LogP contribution in [-0.2, 0) is 11.2 Å². The number of rotatable bonds is 5. The number of amides is 1. The van der Waals surface area contributed by atoms with E-state index in [1.807, 2.05) is 41.8 Å². The van der Waals surface area contributed by atoms with Gasteiger partial charge in [-0.1, -0.05) is 61.0 Å². The maximum atomic E-state index is 13.4. The highest BCUT2D eigenvalue weighted by molar-refractivity contribution is 8.00. The van der Waals surface area contributed by atoms with Gasteiger partial charge < -0.3 is 5.32 Å². The molecule has 32 heavy (non-hydrogen) atoms. The van der Waals surface area contributed by atoms with Crippen LogP contribution in [0.5, 0.6) is 0 Å². The van der Waals surface area contributed by atoms with Gasteiger partial charge in [0, 0.05) is 6.04 Å². The van der Waals surface area contributed by atoms with Gasteiger partial charge >= 0.3 is 0 Å². The van der Waals surface area contributed by atoms with Gasteiger partial charge in [-0.2, -0.15) is 0 Å². The lowest BCUT2D eigenvalue weighted by Gasteiger charge is -2.27. The molecule has 2 aromatic carbocycles. The molecule has 1 amide bonds. The van der Waals surface area contributed by atoms with Crippen molar-refractivity contribution >= 4 is 28.6 Å². The number of nitrogens with zero attached hydrogens (tertiary/aromatic N) is 2. The Hall–Kier alpha value is -2.60. The summed E-state index contributed by atoms with van der Waals surface area (Å²) < 4.78 is 1.86. The average Bonchev–Trinajstić information content (AvgIpc) is 3.34. The summed E-state index contributed by atoms with van der Waals surface area (Å²) in [4.78, 5) is 31.3. The minimum Gasteiger partial charge on any atom is -0.348 e. The van der Waals surface area contributed by atoms with Crippen LogP contribution in [0.25, 0.3) is 10.9 Å². The number of nitrogens with one attached hydrogen (secondary N) is 1. The fourth-order valence-corrected chi connectivity index (χ4v) is 6.09. The van der Waals surface area contributed by atoms with Crippen molar-refractivity contribution in [2.45, 2.75) is 74.4 Å². The van der Waals surface area contributed by atoms with Gasteiger partial charge in [-0.25, -0.2) is 4.98 Å². The van der Waals surface area contributed by atoms with Crippen LogP contribution >= 0.6 is 11.8 Å². The van der Waals surface area contributed by atoms with Crippen molar-refractivity contribution in [3.63, 3.8) is 0 Å². The number of carbonyl (C=O) groups is 1. The number of para-hydroxylation sites is 1. The van der Waals surface area contributed by atoms with Gasteiger partial charge in [0.25, 0.3) is 5.56 Å². The predicted octanol–water partition coefficient (Wildman–Crippen LogP) is 5.19. The van der Waals surface area contributed by atoms with Crippen LogP contribution in [0.4, 0.5) is 0 Å². The van der Waals surface area contributed by atoms with Crippen molar-refractivity contribution in [1.82, 2.24) is 14.9 Å². The van der Waals surface area contributed by atoms with Crippen LogP contribution in [0.3, 0.4) is 0 Å². The van der Waals surface area contributed by atoms with Crippen molar-refractivity contribution < 1.29 is 4.79 Å².